The predicted octanol–water partition coefficient (Wildman–Crippen LogP) is 2.88. The van der Waals surface area contributed by atoms with E-state index in [4.69, 9.17) is 19.6 Å². The van der Waals surface area contributed by atoms with E-state index >= 15 is 0 Å². The van der Waals surface area contributed by atoms with Crippen molar-refractivity contribution >= 4 is 22.4 Å². The van der Waals surface area contributed by atoms with Crippen molar-refractivity contribution in [2.24, 2.45) is 5.73 Å². The summed E-state index contributed by atoms with van der Waals surface area (Å²) in [6.07, 6.45) is 3.52. The van der Waals surface area contributed by atoms with E-state index in [1.807, 2.05) is 25.1 Å². The van der Waals surface area contributed by atoms with Crippen molar-refractivity contribution in [2.45, 2.75) is 32.4 Å². The van der Waals surface area contributed by atoms with Gasteiger partial charge in [0.15, 0.2) is 11.4 Å². The molecule has 5 heterocycles. The van der Waals surface area contributed by atoms with Crippen LogP contribution in [-0.4, -0.2) is 57.5 Å². The molecule has 0 unspecified atom stereocenters. The molecule has 5 rings (SSSR count). The Morgan fingerprint density at radius 1 is 1.26 bits per heavy atom. The van der Waals surface area contributed by atoms with Crippen molar-refractivity contribution in [3.05, 3.63) is 36.7 Å². The topological polar surface area (TPSA) is 104 Å². The van der Waals surface area contributed by atoms with Crippen molar-refractivity contribution in [3.8, 4) is 17.3 Å². The molecular formula is C22H26N6O3. The Kier molecular flexibility index (Phi) is 4.79. The number of anilines is 1. The van der Waals surface area contributed by atoms with Gasteiger partial charge < -0.3 is 24.5 Å². The van der Waals surface area contributed by atoms with E-state index in [1.54, 1.807) is 23.0 Å². The van der Waals surface area contributed by atoms with E-state index in [0.29, 0.717) is 36.2 Å². The highest BCUT2D eigenvalue weighted by molar-refractivity contribution is 5.91. The molecule has 31 heavy (non-hydrogen) atoms. The number of aromatic nitrogens is 4. The van der Waals surface area contributed by atoms with E-state index < -0.39 is 0 Å². The fraction of sp³-hybridized carbons (Fsp3) is 0.409. The first-order valence-electron chi connectivity index (χ1n) is 10.4. The molecule has 0 bridgehead atoms. The Bertz CT molecular complexity index is 1230. The van der Waals surface area contributed by atoms with Crippen LogP contribution >= 0.6 is 0 Å². The minimum Gasteiger partial charge on any atom is -0.475 e. The summed E-state index contributed by atoms with van der Waals surface area (Å²) in [5.74, 6) is 1.13. The van der Waals surface area contributed by atoms with E-state index in [0.717, 1.165) is 29.9 Å². The minimum atomic E-state index is -0.205. The van der Waals surface area contributed by atoms with Gasteiger partial charge >= 0.3 is 0 Å². The van der Waals surface area contributed by atoms with Crippen LogP contribution in [0.4, 0.5) is 5.69 Å². The molecular weight excluding hydrogens is 396 g/mol. The van der Waals surface area contributed by atoms with Gasteiger partial charge in [-0.05, 0) is 39.0 Å². The molecule has 1 saturated heterocycles. The van der Waals surface area contributed by atoms with Gasteiger partial charge in [0.25, 0.3) is 0 Å². The first kappa shape index (κ1) is 19.8. The number of hydrogen-bond donors (Lipinski definition) is 1. The summed E-state index contributed by atoms with van der Waals surface area (Å²) < 4.78 is 19.4. The standard InChI is InChI=1S/C22H26N6O3/c1-14(23)12-29-20-5-4-19-25-11-17(28(19)26-20)18-10-15-16(6-7-24-21(15)31-18)27-8-9-30-22(2,3)13-27/h4-7,10-11,14H,8-9,12-13,23H2,1-3H3/t14-/m1/s1. The number of fused-ring (bicyclic) bond motifs is 2. The van der Waals surface area contributed by atoms with E-state index in [-0.39, 0.29) is 11.6 Å². The molecule has 0 aliphatic carbocycles. The van der Waals surface area contributed by atoms with Crippen LogP contribution in [0.2, 0.25) is 0 Å². The molecule has 0 amide bonds. The Labute approximate surface area is 179 Å². The monoisotopic (exact) mass is 422 g/mol. The van der Waals surface area contributed by atoms with Gasteiger partial charge in [-0.2, -0.15) is 0 Å². The highest BCUT2D eigenvalue weighted by Crippen LogP contribution is 2.34. The Balaban J connectivity index is 1.54. The molecule has 0 radical (unpaired) electrons. The van der Waals surface area contributed by atoms with Gasteiger partial charge in [-0.25, -0.2) is 14.5 Å². The summed E-state index contributed by atoms with van der Waals surface area (Å²) in [6.45, 7) is 8.78. The number of furan rings is 1. The summed E-state index contributed by atoms with van der Waals surface area (Å²) in [5.41, 5.74) is 8.67. The zero-order valence-corrected chi connectivity index (χ0v) is 17.9. The number of nitrogens with zero attached hydrogens (tertiary/aromatic N) is 5. The second-order valence-corrected chi connectivity index (χ2v) is 8.56. The SMILES string of the molecule is C[C@@H](N)COc1ccc2ncc(-c3cc4c(N5CCOC(C)(C)C5)ccnc4o3)n2n1. The second-order valence-electron chi connectivity index (χ2n) is 8.56. The molecule has 4 aromatic heterocycles. The first-order chi connectivity index (χ1) is 14.9. The number of ether oxygens (including phenoxy) is 2. The summed E-state index contributed by atoms with van der Waals surface area (Å²) in [4.78, 5) is 11.2. The van der Waals surface area contributed by atoms with Gasteiger partial charge in [0, 0.05) is 31.4 Å². The van der Waals surface area contributed by atoms with Crippen LogP contribution in [0, 0.1) is 0 Å². The average Bonchev–Trinajstić information content (AvgIpc) is 3.34. The molecule has 1 aliphatic heterocycles. The molecule has 0 aromatic carbocycles. The minimum absolute atomic E-state index is 0.0789. The van der Waals surface area contributed by atoms with Crippen LogP contribution in [0.5, 0.6) is 5.88 Å². The molecule has 162 valence electrons. The van der Waals surface area contributed by atoms with Crippen LogP contribution < -0.4 is 15.4 Å². The average molecular weight is 422 g/mol. The van der Waals surface area contributed by atoms with Crippen LogP contribution in [0.25, 0.3) is 28.2 Å². The van der Waals surface area contributed by atoms with Crippen LogP contribution in [0.15, 0.2) is 41.1 Å². The van der Waals surface area contributed by atoms with Gasteiger partial charge in [-0.3, -0.25) is 0 Å². The number of pyridine rings is 1. The normalized spacial score (nSPS) is 17.4. The molecule has 4 aromatic rings. The van der Waals surface area contributed by atoms with Gasteiger partial charge in [0.05, 0.1) is 29.5 Å². The van der Waals surface area contributed by atoms with Gasteiger partial charge in [0.1, 0.15) is 12.3 Å². The van der Waals surface area contributed by atoms with Crippen LogP contribution in [0.3, 0.4) is 0 Å². The van der Waals surface area contributed by atoms with Crippen molar-refractivity contribution in [1.29, 1.82) is 0 Å². The third kappa shape index (κ3) is 3.82. The quantitative estimate of drug-likeness (QED) is 0.524. The highest BCUT2D eigenvalue weighted by atomic mass is 16.5. The largest absolute Gasteiger partial charge is 0.475 e. The summed E-state index contributed by atoms with van der Waals surface area (Å²) in [5, 5.41) is 5.51. The zero-order chi connectivity index (χ0) is 21.6. The first-order valence-corrected chi connectivity index (χ1v) is 10.4. The van der Waals surface area contributed by atoms with Gasteiger partial charge in [-0.1, -0.05) is 0 Å². The van der Waals surface area contributed by atoms with Crippen LogP contribution in [-0.2, 0) is 4.74 Å². The van der Waals surface area contributed by atoms with Crippen molar-refractivity contribution in [3.63, 3.8) is 0 Å². The Morgan fingerprint density at radius 3 is 2.94 bits per heavy atom. The fourth-order valence-electron chi connectivity index (χ4n) is 3.87. The Hall–Kier alpha value is -3.17. The molecule has 2 N–H and O–H groups in total. The van der Waals surface area contributed by atoms with Gasteiger partial charge in [-0.15, -0.1) is 5.10 Å². The molecule has 9 nitrogen and oxygen atoms in total. The molecule has 0 spiro atoms. The number of rotatable bonds is 5. The van der Waals surface area contributed by atoms with Crippen molar-refractivity contribution < 1.29 is 13.9 Å². The molecule has 0 saturated carbocycles. The third-order valence-electron chi connectivity index (χ3n) is 5.26. The highest BCUT2D eigenvalue weighted by Gasteiger charge is 2.29. The lowest BCUT2D eigenvalue weighted by Crippen LogP contribution is -2.48. The summed E-state index contributed by atoms with van der Waals surface area (Å²) >= 11 is 0. The van der Waals surface area contributed by atoms with Crippen molar-refractivity contribution in [2.75, 3.05) is 31.2 Å². The number of imidazole rings is 1. The third-order valence-corrected chi connectivity index (χ3v) is 5.26. The maximum atomic E-state index is 6.11. The van der Waals surface area contributed by atoms with E-state index in [2.05, 4.69) is 33.8 Å². The van der Waals surface area contributed by atoms with Crippen LogP contribution in [0.1, 0.15) is 20.8 Å². The predicted molar refractivity (Wildman–Crippen MR) is 117 cm³/mol. The Morgan fingerprint density at radius 2 is 2.13 bits per heavy atom. The van der Waals surface area contributed by atoms with E-state index in [1.165, 1.54) is 0 Å². The number of nitrogens with two attached hydrogens (primary N) is 1. The smallest absolute Gasteiger partial charge is 0.231 e. The maximum absolute atomic E-state index is 6.11. The lowest BCUT2D eigenvalue weighted by Gasteiger charge is -2.39. The molecule has 1 atom stereocenters. The summed E-state index contributed by atoms with van der Waals surface area (Å²) in [6, 6.07) is 7.59. The van der Waals surface area contributed by atoms with Crippen molar-refractivity contribution in [1.82, 2.24) is 19.6 Å². The number of hydrogen-bond acceptors (Lipinski definition) is 8. The number of morpholine rings is 1. The molecule has 1 fully saturated rings. The summed E-state index contributed by atoms with van der Waals surface area (Å²) in [7, 11) is 0. The maximum Gasteiger partial charge on any atom is 0.231 e. The molecule has 9 heteroatoms. The second kappa shape index (κ2) is 7.51. The lowest BCUT2D eigenvalue weighted by molar-refractivity contribution is -0.0276. The van der Waals surface area contributed by atoms with E-state index in [9.17, 15) is 0 Å². The fourth-order valence-corrected chi connectivity index (χ4v) is 3.87. The van der Waals surface area contributed by atoms with Gasteiger partial charge in [0.2, 0.25) is 11.6 Å². The molecule has 1 aliphatic rings. The lowest BCUT2D eigenvalue weighted by atomic mass is 10.1. The zero-order valence-electron chi connectivity index (χ0n) is 17.9.